The molecule has 3 fully saturated rings. The maximum Gasteiger partial charge on any atom is 0.256 e. The SMILES string of the molecule is COCCN1CCC2(CC1)N=C(c1ccc(-c3ccc4[nH]ccc4c3)cc1)N(CC1CCN(C(=O)C3CC3)C1)C2=O. The topological polar surface area (TPSA) is 81.2 Å². The first-order valence-corrected chi connectivity index (χ1v) is 15.1. The van der Waals surface area contributed by atoms with Gasteiger partial charge in [0.1, 0.15) is 11.4 Å². The second kappa shape index (κ2) is 10.7. The van der Waals surface area contributed by atoms with Gasteiger partial charge in [0.2, 0.25) is 5.91 Å². The molecule has 214 valence electrons. The van der Waals surface area contributed by atoms with Gasteiger partial charge in [0.05, 0.1) is 6.61 Å². The Labute approximate surface area is 241 Å². The van der Waals surface area contributed by atoms with Crippen molar-refractivity contribution in [3.05, 3.63) is 60.3 Å². The minimum atomic E-state index is -0.695. The molecule has 7 rings (SSSR count). The lowest BCUT2D eigenvalue weighted by atomic mass is 9.87. The van der Waals surface area contributed by atoms with E-state index in [0.29, 0.717) is 19.1 Å². The van der Waals surface area contributed by atoms with Crippen LogP contribution in [-0.2, 0) is 14.3 Å². The van der Waals surface area contributed by atoms with E-state index in [2.05, 4.69) is 58.4 Å². The van der Waals surface area contributed by atoms with Gasteiger partial charge in [-0.05, 0) is 72.7 Å². The molecule has 3 aliphatic heterocycles. The maximum atomic E-state index is 14.2. The number of aliphatic imine (C=N–C) groups is 1. The summed E-state index contributed by atoms with van der Waals surface area (Å²) in [5.74, 6) is 1.74. The zero-order valence-electron chi connectivity index (χ0n) is 23.8. The van der Waals surface area contributed by atoms with Crippen molar-refractivity contribution < 1.29 is 14.3 Å². The van der Waals surface area contributed by atoms with Crippen molar-refractivity contribution in [3.8, 4) is 11.1 Å². The van der Waals surface area contributed by atoms with E-state index in [4.69, 9.17) is 9.73 Å². The number of amidine groups is 1. The number of methoxy groups -OCH3 is 1. The first-order valence-electron chi connectivity index (χ1n) is 15.1. The molecule has 3 aromatic rings. The third kappa shape index (κ3) is 5.08. The molecule has 0 radical (unpaired) electrons. The third-order valence-electron chi connectivity index (χ3n) is 9.51. The number of fused-ring (bicyclic) bond motifs is 1. The van der Waals surface area contributed by atoms with Gasteiger partial charge in [0, 0.05) is 69.6 Å². The van der Waals surface area contributed by atoms with Crippen LogP contribution in [0.2, 0.25) is 0 Å². The van der Waals surface area contributed by atoms with Gasteiger partial charge in [-0.2, -0.15) is 0 Å². The minimum Gasteiger partial charge on any atom is -0.383 e. The van der Waals surface area contributed by atoms with Crippen LogP contribution in [0.15, 0.2) is 59.7 Å². The van der Waals surface area contributed by atoms with Crippen LogP contribution in [-0.4, -0.2) is 95.9 Å². The standard InChI is InChI=1S/C33H39N5O3/c1-41-19-18-36-16-12-33(13-17-36)32(40)38(22-23-11-15-37(21-23)31(39)26-6-7-26)30(35-33)25-4-2-24(3-5-25)27-8-9-29-28(20-27)10-14-34-29/h2-5,8-10,14,20,23,26,34H,6-7,11-13,15-19,21-22H2,1H3. The van der Waals surface area contributed by atoms with E-state index in [1.165, 1.54) is 5.39 Å². The van der Waals surface area contributed by atoms with Crippen LogP contribution < -0.4 is 0 Å². The number of rotatable bonds is 8. The van der Waals surface area contributed by atoms with Gasteiger partial charge in [0.25, 0.3) is 5.91 Å². The molecule has 0 bridgehead atoms. The van der Waals surface area contributed by atoms with Crippen LogP contribution in [0.3, 0.4) is 0 Å². The highest BCUT2D eigenvalue weighted by Crippen LogP contribution is 2.38. The van der Waals surface area contributed by atoms with Crippen molar-refractivity contribution >= 4 is 28.6 Å². The summed E-state index contributed by atoms with van der Waals surface area (Å²) >= 11 is 0. The van der Waals surface area contributed by atoms with E-state index in [0.717, 1.165) is 92.9 Å². The lowest BCUT2D eigenvalue weighted by molar-refractivity contribution is -0.133. The lowest BCUT2D eigenvalue weighted by Gasteiger charge is -2.36. The molecule has 1 unspecified atom stereocenters. The molecule has 8 heteroatoms. The number of nitrogens with zero attached hydrogens (tertiary/aromatic N) is 4. The summed E-state index contributed by atoms with van der Waals surface area (Å²) in [6.45, 7) is 5.42. The normalized spacial score (nSPS) is 22.7. The van der Waals surface area contributed by atoms with Gasteiger partial charge in [-0.3, -0.25) is 19.5 Å². The number of piperidine rings is 1. The molecule has 4 aliphatic rings. The van der Waals surface area contributed by atoms with Gasteiger partial charge in [-0.15, -0.1) is 0 Å². The average molecular weight is 554 g/mol. The van der Waals surface area contributed by atoms with Crippen LogP contribution in [0, 0.1) is 11.8 Å². The summed E-state index contributed by atoms with van der Waals surface area (Å²) in [4.78, 5) is 41.7. The van der Waals surface area contributed by atoms with Crippen LogP contribution in [0.5, 0.6) is 0 Å². The maximum absolute atomic E-state index is 14.2. The Morgan fingerprint density at radius 1 is 1.00 bits per heavy atom. The monoisotopic (exact) mass is 553 g/mol. The second-order valence-corrected chi connectivity index (χ2v) is 12.3. The molecule has 1 N–H and O–H groups in total. The molecule has 1 saturated carbocycles. The number of carbonyl (C=O) groups is 2. The summed E-state index contributed by atoms with van der Waals surface area (Å²) < 4.78 is 5.28. The van der Waals surface area contributed by atoms with Gasteiger partial charge < -0.3 is 19.5 Å². The number of ether oxygens (including phenoxy) is 1. The van der Waals surface area contributed by atoms with E-state index in [1.54, 1.807) is 7.11 Å². The number of aromatic amines is 1. The van der Waals surface area contributed by atoms with Crippen LogP contribution in [0.25, 0.3) is 22.0 Å². The van der Waals surface area contributed by atoms with E-state index in [-0.39, 0.29) is 17.7 Å². The number of benzene rings is 2. The first kappa shape index (κ1) is 26.4. The fraction of sp³-hybridized carbons (Fsp3) is 0.485. The molecule has 1 atom stereocenters. The highest BCUT2D eigenvalue weighted by Gasteiger charge is 2.50. The Balaban J connectivity index is 1.14. The first-order chi connectivity index (χ1) is 20.0. The van der Waals surface area contributed by atoms with Crippen molar-refractivity contribution in [3.63, 3.8) is 0 Å². The Kier molecular flexibility index (Phi) is 6.91. The number of likely N-dealkylation sites (tertiary alicyclic amines) is 2. The number of hydrogen-bond acceptors (Lipinski definition) is 5. The highest BCUT2D eigenvalue weighted by molar-refractivity contribution is 6.15. The second-order valence-electron chi connectivity index (χ2n) is 12.3. The van der Waals surface area contributed by atoms with Crippen molar-refractivity contribution in [1.82, 2.24) is 19.7 Å². The number of amides is 2. The van der Waals surface area contributed by atoms with E-state index >= 15 is 0 Å². The molecule has 2 aromatic carbocycles. The van der Waals surface area contributed by atoms with Crippen molar-refractivity contribution in [1.29, 1.82) is 0 Å². The number of H-pyrrole nitrogens is 1. The van der Waals surface area contributed by atoms with Crippen LogP contribution >= 0.6 is 0 Å². The smallest absolute Gasteiger partial charge is 0.256 e. The Morgan fingerprint density at radius 2 is 1.76 bits per heavy atom. The predicted octanol–water partition coefficient (Wildman–Crippen LogP) is 4.16. The number of nitrogens with one attached hydrogen (secondary N) is 1. The zero-order valence-corrected chi connectivity index (χ0v) is 23.8. The largest absolute Gasteiger partial charge is 0.383 e. The number of carbonyl (C=O) groups excluding carboxylic acids is 2. The molecule has 1 spiro atoms. The summed E-state index contributed by atoms with van der Waals surface area (Å²) in [5.41, 5.74) is 3.71. The van der Waals surface area contributed by atoms with Crippen molar-refractivity contribution in [2.24, 2.45) is 16.8 Å². The summed E-state index contributed by atoms with van der Waals surface area (Å²) in [7, 11) is 1.73. The van der Waals surface area contributed by atoms with E-state index in [9.17, 15) is 9.59 Å². The predicted molar refractivity (Wildman–Crippen MR) is 160 cm³/mol. The van der Waals surface area contributed by atoms with Gasteiger partial charge >= 0.3 is 0 Å². The number of aromatic nitrogens is 1. The Hall–Kier alpha value is -3.49. The molecular formula is C33H39N5O3. The fourth-order valence-corrected chi connectivity index (χ4v) is 6.81. The Bertz CT molecular complexity index is 1470. The summed E-state index contributed by atoms with van der Waals surface area (Å²) in [6.07, 6.45) is 6.40. The third-order valence-corrected chi connectivity index (χ3v) is 9.51. The van der Waals surface area contributed by atoms with Crippen molar-refractivity contribution in [2.45, 2.75) is 37.6 Å². The van der Waals surface area contributed by atoms with Gasteiger partial charge in [-0.1, -0.05) is 30.3 Å². The van der Waals surface area contributed by atoms with Gasteiger partial charge in [-0.25, -0.2) is 0 Å². The quantitative estimate of drug-likeness (QED) is 0.454. The van der Waals surface area contributed by atoms with Crippen LogP contribution in [0.4, 0.5) is 0 Å². The van der Waals surface area contributed by atoms with Gasteiger partial charge in [0.15, 0.2) is 0 Å². The molecular weight excluding hydrogens is 514 g/mol. The fourth-order valence-electron chi connectivity index (χ4n) is 6.81. The highest BCUT2D eigenvalue weighted by atomic mass is 16.5. The van der Waals surface area contributed by atoms with Crippen molar-refractivity contribution in [2.75, 3.05) is 53.0 Å². The zero-order chi connectivity index (χ0) is 28.0. The molecule has 8 nitrogen and oxygen atoms in total. The molecule has 4 heterocycles. The van der Waals surface area contributed by atoms with E-state index < -0.39 is 5.54 Å². The Morgan fingerprint density at radius 3 is 2.51 bits per heavy atom. The van der Waals surface area contributed by atoms with Crippen LogP contribution in [0.1, 0.15) is 37.7 Å². The summed E-state index contributed by atoms with van der Waals surface area (Å²) in [6, 6.07) is 17.0. The molecule has 41 heavy (non-hydrogen) atoms. The molecule has 2 saturated heterocycles. The lowest BCUT2D eigenvalue weighted by Crippen LogP contribution is -2.51. The average Bonchev–Trinajstić information content (AvgIpc) is 3.46. The molecule has 2 amide bonds. The minimum absolute atomic E-state index is 0.132. The van der Waals surface area contributed by atoms with E-state index in [1.807, 2.05) is 16.0 Å². The molecule has 1 aliphatic carbocycles. The number of hydrogen-bond donors (Lipinski definition) is 1. The summed E-state index contributed by atoms with van der Waals surface area (Å²) in [5, 5.41) is 1.19. The molecule has 1 aromatic heterocycles.